The van der Waals surface area contributed by atoms with Crippen LogP contribution < -0.4 is 14.2 Å². The van der Waals surface area contributed by atoms with Crippen molar-refractivity contribution in [2.75, 3.05) is 26.2 Å². The van der Waals surface area contributed by atoms with Gasteiger partial charge in [0.15, 0.2) is 5.75 Å². The first kappa shape index (κ1) is 18.8. The maximum absolute atomic E-state index is 12.6. The van der Waals surface area contributed by atoms with Crippen LogP contribution in [0.3, 0.4) is 0 Å². The Morgan fingerprint density at radius 1 is 1.11 bits per heavy atom. The van der Waals surface area contributed by atoms with Crippen LogP contribution in [0, 0.1) is 0 Å². The van der Waals surface area contributed by atoms with Crippen LogP contribution in [0.25, 0.3) is 0 Å². The third kappa shape index (κ3) is 3.83. The summed E-state index contributed by atoms with van der Waals surface area (Å²) in [5.74, 6) is 1.38. The Bertz CT molecular complexity index is 943. The standard InChI is InChI=1S/C18H16F3N3O3S/c19-18(20,21)28(25)27-12-5-6-15-13(11-12)17(24-9-7-22-8-10-24)23-14-3-1-2-4-16(14)26-15/h1-6,11,22H,7-10H2. The zero-order chi connectivity index (χ0) is 19.7. The highest BCUT2D eigenvalue weighted by atomic mass is 32.2. The van der Waals surface area contributed by atoms with Gasteiger partial charge in [-0.05, 0) is 30.3 Å². The van der Waals surface area contributed by atoms with Crippen molar-refractivity contribution in [1.82, 2.24) is 10.2 Å². The van der Waals surface area contributed by atoms with Crippen molar-refractivity contribution in [3.05, 3.63) is 48.0 Å². The van der Waals surface area contributed by atoms with Crippen LogP contribution >= 0.6 is 0 Å². The molecule has 0 saturated carbocycles. The predicted octanol–water partition coefficient (Wildman–Crippen LogP) is 3.34. The van der Waals surface area contributed by atoms with Gasteiger partial charge in [-0.3, -0.25) is 0 Å². The molecule has 1 saturated heterocycles. The highest BCUT2D eigenvalue weighted by Gasteiger charge is 2.40. The van der Waals surface area contributed by atoms with Gasteiger partial charge in [-0.25, -0.2) is 9.20 Å². The SMILES string of the molecule is O=S(Oc1ccc2c(c1)C(N1CCNCC1)=Nc1ccccc1O2)C(F)(F)F. The molecule has 0 spiro atoms. The third-order valence-corrected chi connectivity index (χ3v) is 5.00. The number of piperazine rings is 1. The Kier molecular flexibility index (Phi) is 4.98. The lowest BCUT2D eigenvalue weighted by atomic mass is 10.1. The molecule has 2 aliphatic rings. The summed E-state index contributed by atoms with van der Waals surface area (Å²) >= 11 is -3.45. The molecule has 0 bridgehead atoms. The number of amidine groups is 1. The Hall–Kier alpha value is -2.59. The number of benzene rings is 2. The largest absolute Gasteiger partial charge is 0.508 e. The van der Waals surface area contributed by atoms with E-state index in [0.29, 0.717) is 41.7 Å². The molecule has 2 aliphatic heterocycles. The number of para-hydroxylation sites is 2. The summed E-state index contributed by atoms with van der Waals surface area (Å²) in [6, 6.07) is 11.4. The molecule has 4 rings (SSSR count). The minimum atomic E-state index is -4.96. The van der Waals surface area contributed by atoms with Crippen molar-refractivity contribution in [3.8, 4) is 17.2 Å². The maximum Gasteiger partial charge on any atom is 0.508 e. The van der Waals surface area contributed by atoms with Crippen molar-refractivity contribution < 1.29 is 26.3 Å². The molecule has 1 unspecified atom stereocenters. The van der Waals surface area contributed by atoms with Gasteiger partial charge in [-0.2, -0.15) is 13.2 Å². The normalized spacial score (nSPS) is 17.5. The average Bonchev–Trinajstić information content (AvgIpc) is 2.84. The fourth-order valence-corrected chi connectivity index (χ4v) is 3.38. The number of alkyl halides is 3. The summed E-state index contributed by atoms with van der Waals surface area (Å²) in [5, 5.41) is 3.25. The van der Waals surface area contributed by atoms with Gasteiger partial charge >= 0.3 is 16.6 Å². The molecule has 28 heavy (non-hydrogen) atoms. The van der Waals surface area contributed by atoms with E-state index in [1.54, 1.807) is 12.1 Å². The van der Waals surface area contributed by atoms with E-state index in [1.807, 2.05) is 17.0 Å². The summed E-state index contributed by atoms with van der Waals surface area (Å²) in [6.45, 7) is 2.87. The smallest absolute Gasteiger partial charge is 0.454 e. The first-order valence-electron chi connectivity index (χ1n) is 8.54. The van der Waals surface area contributed by atoms with Crippen molar-refractivity contribution in [3.63, 3.8) is 0 Å². The van der Waals surface area contributed by atoms with E-state index in [9.17, 15) is 17.4 Å². The van der Waals surface area contributed by atoms with E-state index >= 15 is 0 Å². The zero-order valence-electron chi connectivity index (χ0n) is 14.5. The molecule has 2 aromatic carbocycles. The molecule has 10 heteroatoms. The van der Waals surface area contributed by atoms with Crippen LogP contribution in [0.4, 0.5) is 18.9 Å². The minimum Gasteiger partial charge on any atom is -0.454 e. The fraction of sp³-hybridized carbons (Fsp3) is 0.278. The van der Waals surface area contributed by atoms with Crippen molar-refractivity contribution in [2.24, 2.45) is 4.99 Å². The topological polar surface area (TPSA) is 63.2 Å². The number of nitrogens with one attached hydrogen (secondary N) is 1. The molecule has 6 nitrogen and oxygen atoms in total. The molecule has 2 aromatic rings. The highest BCUT2D eigenvalue weighted by Crippen LogP contribution is 2.39. The van der Waals surface area contributed by atoms with E-state index in [0.717, 1.165) is 13.1 Å². The second-order valence-corrected chi connectivity index (χ2v) is 7.26. The lowest BCUT2D eigenvalue weighted by Crippen LogP contribution is -2.46. The van der Waals surface area contributed by atoms with Gasteiger partial charge in [0, 0.05) is 26.2 Å². The Balaban J connectivity index is 1.77. The van der Waals surface area contributed by atoms with Gasteiger partial charge in [0.2, 0.25) is 0 Å². The monoisotopic (exact) mass is 411 g/mol. The highest BCUT2D eigenvalue weighted by molar-refractivity contribution is 7.81. The van der Waals surface area contributed by atoms with E-state index in [4.69, 9.17) is 9.73 Å². The number of rotatable bonds is 2. The molecule has 1 fully saturated rings. The van der Waals surface area contributed by atoms with E-state index in [-0.39, 0.29) is 5.75 Å². The van der Waals surface area contributed by atoms with Gasteiger partial charge in [0.1, 0.15) is 23.0 Å². The summed E-state index contributed by atoms with van der Waals surface area (Å²) in [6.07, 6.45) is 0. The molecule has 0 radical (unpaired) electrons. The van der Waals surface area contributed by atoms with Gasteiger partial charge in [-0.1, -0.05) is 12.1 Å². The van der Waals surface area contributed by atoms with Crippen molar-refractivity contribution in [2.45, 2.75) is 5.51 Å². The second kappa shape index (κ2) is 7.44. The van der Waals surface area contributed by atoms with Crippen molar-refractivity contribution >= 4 is 22.6 Å². The van der Waals surface area contributed by atoms with Gasteiger partial charge in [-0.15, -0.1) is 0 Å². The number of aliphatic imine (C=N–C) groups is 1. The number of halogens is 3. The summed E-state index contributed by atoms with van der Waals surface area (Å²) in [4.78, 5) is 6.74. The first-order valence-corrected chi connectivity index (χ1v) is 9.62. The fourth-order valence-electron chi connectivity index (χ4n) is 3.01. The molecule has 1 atom stereocenters. The summed E-state index contributed by atoms with van der Waals surface area (Å²) in [5.41, 5.74) is -3.86. The number of fused-ring (bicyclic) bond motifs is 2. The van der Waals surface area contributed by atoms with Crippen LogP contribution in [0.15, 0.2) is 47.5 Å². The first-order chi connectivity index (χ1) is 13.4. The molecule has 2 heterocycles. The van der Waals surface area contributed by atoms with Crippen molar-refractivity contribution in [1.29, 1.82) is 0 Å². The second-order valence-electron chi connectivity index (χ2n) is 6.16. The van der Waals surface area contributed by atoms with Crippen LogP contribution in [-0.2, 0) is 11.1 Å². The van der Waals surface area contributed by atoms with Crippen LogP contribution in [0.5, 0.6) is 17.2 Å². The lowest BCUT2D eigenvalue weighted by molar-refractivity contribution is -0.0437. The molecular formula is C18H16F3N3O3S. The Morgan fingerprint density at radius 2 is 1.86 bits per heavy atom. The average molecular weight is 411 g/mol. The van der Waals surface area contributed by atoms with Crippen LogP contribution in [0.1, 0.15) is 5.56 Å². The Morgan fingerprint density at radius 3 is 2.61 bits per heavy atom. The van der Waals surface area contributed by atoms with Gasteiger partial charge in [0.25, 0.3) is 0 Å². The lowest BCUT2D eigenvalue weighted by Gasteiger charge is -2.30. The number of ether oxygens (including phenoxy) is 1. The molecule has 148 valence electrons. The van der Waals surface area contributed by atoms with E-state index < -0.39 is 16.6 Å². The van der Waals surface area contributed by atoms with E-state index in [1.165, 1.54) is 18.2 Å². The summed E-state index contributed by atoms with van der Waals surface area (Å²) in [7, 11) is 0. The summed E-state index contributed by atoms with van der Waals surface area (Å²) < 4.78 is 59.7. The molecule has 0 aliphatic carbocycles. The Labute approximate surface area is 161 Å². The van der Waals surface area contributed by atoms with Crippen LogP contribution in [-0.4, -0.2) is 46.6 Å². The number of hydrogen-bond acceptors (Lipinski definition) is 6. The minimum absolute atomic E-state index is 0.174. The molecular weight excluding hydrogens is 395 g/mol. The van der Waals surface area contributed by atoms with Gasteiger partial charge in [0.05, 0.1) is 5.56 Å². The zero-order valence-corrected chi connectivity index (χ0v) is 15.3. The number of nitrogens with zero attached hydrogens (tertiary/aromatic N) is 2. The molecule has 1 N–H and O–H groups in total. The molecule has 0 aromatic heterocycles. The van der Waals surface area contributed by atoms with E-state index in [2.05, 4.69) is 9.50 Å². The maximum atomic E-state index is 12.6. The third-order valence-electron chi connectivity index (χ3n) is 4.28. The number of hydrogen-bond donors (Lipinski definition) is 1. The molecule has 0 amide bonds. The predicted molar refractivity (Wildman–Crippen MR) is 98.4 cm³/mol. The quantitative estimate of drug-likeness (QED) is 0.821. The van der Waals surface area contributed by atoms with Crippen LogP contribution in [0.2, 0.25) is 0 Å². The van der Waals surface area contributed by atoms with Gasteiger partial charge < -0.3 is 19.1 Å².